The summed E-state index contributed by atoms with van der Waals surface area (Å²) in [6, 6.07) is 0.453. The van der Waals surface area contributed by atoms with Gasteiger partial charge in [-0.15, -0.1) is 0 Å². The van der Waals surface area contributed by atoms with Crippen LogP contribution in [0.4, 0.5) is 0 Å². The Balaban J connectivity index is 1.82. The van der Waals surface area contributed by atoms with Crippen LogP contribution < -0.4 is 5.73 Å². The van der Waals surface area contributed by atoms with Crippen molar-refractivity contribution < 1.29 is 0 Å². The summed E-state index contributed by atoms with van der Waals surface area (Å²) < 4.78 is 0. The first-order valence-electron chi connectivity index (χ1n) is 9.58. The largest absolute Gasteiger partial charge is 0.327 e. The van der Waals surface area contributed by atoms with Gasteiger partial charge in [0.05, 0.1) is 0 Å². The molecule has 2 N–H and O–H groups in total. The molecule has 0 aromatic heterocycles. The Kier molecular flexibility index (Phi) is 7.01. The molecule has 2 aliphatic rings. The van der Waals surface area contributed by atoms with Gasteiger partial charge >= 0.3 is 0 Å². The molecule has 21 heavy (non-hydrogen) atoms. The smallest absolute Gasteiger partial charge is 0.00795 e. The summed E-state index contributed by atoms with van der Waals surface area (Å²) in [5.41, 5.74) is 6.45. The molecule has 1 saturated carbocycles. The van der Waals surface area contributed by atoms with E-state index in [9.17, 15) is 0 Å². The first kappa shape index (κ1) is 17.3. The summed E-state index contributed by atoms with van der Waals surface area (Å²) >= 11 is 0. The van der Waals surface area contributed by atoms with Crippen molar-refractivity contribution in [3.05, 3.63) is 0 Å². The third-order valence-corrected chi connectivity index (χ3v) is 6.15. The van der Waals surface area contributed by atoms with Crippen LogP contribution in [0.2, 0.25) is 0 Å². The zero-order valence-electron chi connectivity index (χ0n) is 14.7. The van der Waals surface area contributed by atoms with Crippen molar-refractivity contribution in [1.29, 1.82) is 0 Å². The standard InChI is InChI=1S/C19H38N2/c1-4-6-16-7-5-11-21(12-10-16)14-18-13-17(15(2)3)8-9-19(18)20/h15-19H,4-14,20H2,1-3H3. The fraction of sp³-hybridized carbons (Fsp3) is 1.00. The molecule has 1 saturated heterocycles. The van der Waals surface area contributed by atoms with E-state index in [2.05, 4.69) is 25.7 Å². The number of hydrogen-bond donors (Lipinski definition) is 1. The molecule has 1 heterocycles. The van der Waals surface area contributed by atoms with E-state index in [-0.39, 0.29) is 0 Å². The molecule has 0 radical (unpaired) electrons. The van der Waals surface area contributed by atoms with Gasteiger partial charge in [0.2, 0.25) is 0 Å². The van der Waals surface area contributed by atoms with Gasteiger partial charge < -0.3 is 10.6 Å². The Morgan fingerprint density at radius 3 is 2.62 bits per heavy atom. The Hall–Kier alpha value is -0.0800. The van der Waals surface area contributed by atoms with Crippen molar-refractivity contribution in [3.63, 3.8) is 0 Å². The number of nitrogens with two attached hydrogens (primary N) is 1. The van der Waals surface area contributed by atoms with Crippen LogP contribution in [-0.4, -0.2) is 30.6 Å². The summed E-state index contributed by atoms with van der Waals surface area (Å²) in [6.45, 7) is 11.0. The second kappa shape index (κ2) is 8.53. The minimum atomic E-state index is 0.453. The van der Waals surface area contributed by atoms with Crippen LogP contribution in [0.25, 0.3) is 0 Å². The van der Waals surface area contributed by atoms with Gasteiger partial charge in [0.1, 0.15) is 0 Å². The molecule has 2 rings (SSSR count). The average Bonchev–Trinajstić information content (AvgIpc) is 2.67. The molecule has 1 aliphatic carbocycles. The van der Waals surface area contributed by atoms with Crippen LogP contribution in [0.1, 0.15) is 72.1 Å². The SMILES string of the molecule is CCCC1CCCN(CC2CC(C(C)C)CCC2N)CC1. The first-order chi connectivity index (χ1) is 10.1. The Bertz CT molecular complexity index is 289. The zero-order chi connectivity index (χ0) is 15.2. The minimum Gasteiger partial charge on any atom is -0.327 e. The van der Waals surface area contributed by atoms with E-state index in [1.54, 1.807) is 0 Å². The molecule has 0 spiro atoms. The van der Waals surface area contributed by atoms with Gasteiger partial charge in [-0.2, -0.15) is 0 Å². The fourth-order valence-electron chi connectivity index (χ4n) is 4.58. The van der Waals surface area contributed by atoms with Gasteiger partial charge in [0, 0.05) is 12.6 Å². The molecule has 0 aromatic rings. The highest BCUT2D eigenvalue weighted by Gasteiger charge is 2.31. The lowest BCUT2D eigenvalue weighted by atomic mass is 9.73. The van der Waals surface area contributed by atoms with Crippen LogP contribution in [-0.2, 0) is 0 Å². The highest BCUT2D eigenvalue weighted by Crippen LogP contribution is 2.34. The lowest BCUT2D eigenvalue weighted by Crippen LogP contribution is -2.44. The van der Waals surface area contributed by atoms with Gasteiger partial charge in [0.15, 0.2) is 0 Å². The van der Waals surface area contributed by atoms with Crippen LogP contribution in [0.5, 0.6) is 0 Å². The Morgan fingerprint density at radius 2 is 1.90 bits per heavy atom. The second-order valence-electron chi connectivity index (χ2n) is 8.13. The van der Waals surface area contributed by atoms with Crippen LogP contribution >= 0.6 is 0 Å². The molecular weight excluding hydrogens is 256 g/mol. The fourth-order valence-corrected chi connectivity index (χ4v) is 4.58. The lowest BCUT2D eigenvalue weighted by molar-refractivity contribution is 0.138. The maximum atomic E-state index is 6.45. The normalized spacial score (nSPS) is 35.9. The third-order valence-electron chi connectivity index (χ3n) is 6.15. The number of nitrogens with zero attached hydrogens (tertiary/aromatic N) is 1. The van der Waals surface area contributed by atoms with Crippen LogP contribution in [0, 0.1) is 23.7 Å². The van der Waals surface area contributed by atoms with E-state index in [1.807, 2.05) is 0 Å². The van der Waals surface area contributed by atoms with E-state index in [1.165, 1.54) is 71.0 Å². The third kappa shape index (κ3) is 5.25. The summed E-state index contributed by atoms with van der Waals surface area (Å²) in [5.74, 6) is 3.48. The topological polar surface area (TPSA) is 29.3 Å². The van der Waals surface area contributed by atoms with Crippen molar-refractivity contribution >= 4 is 0 Å². The van der Waals surface area contributed by atoms with Gasteiger partial charge in [-0.1, -0.05) is 33.6 Å². The molecule has 1 aliphatic heterocycles. The van der Waals surface area contributed by atoms with Gasteiger partial charge in [0.25, 0.3) is 0 Å². The molecule has 2 fully saturated rings. The Labute approximate surface area is 132 Å². The molecule has 4 unspecified atom stereocenters. The number of likely N-dealkylation sites (tertiary alicyclic amines) is 1. The van der Waals surface area contributed by atoms with E-state index >= 15 is 0 Å². The summed E-state index contributed by atoms with van der Waals surface area (Å²) in [4.78, 5) is 2.74. The molecule has 0 bridgehead atoms. The van der Waals surface area contributed by atoms with E-state index in [0.29, 0.717) is 6.04 Å². The van der Waals surface area contributed by atoms with Crippen molar-refractivity contribution in [2.45, 2.75) is 78.2 Å². The van der Waals surface area contributed by atoms with Crippen molar-refractivity contribution in [1.82, 2.24) is 4.90 Å². The van der Waals surface area contributed by atoms with Gasteiger partial charge in [-0.3, -0.25) is 0 Å². The van der Waals surface area contributed by atoms with Crippen LogP contribution in [0.15, 0.2) is 0 Å². The predicted octanol–water partition coefficient (Wildman–Crippen LogP) is 4.29. The number of hydrogen-bond acceptors (Lipinski definition) is 2. The molecule has 2 nitrogen and oxygen atoms in total. The van der Waals surface area contributed by atoms with Gasteiger partial charge in [-0.25, -0.2) is 0 Å². The zero-order valence-corrected chi connectivity index (χ0v) is 14.7. The van der Waals surface area contributed by atoms with E-state index in [4.69, 9.17) is 5.73 Å². The summed E-state index contributed by atoms with van der Waals surface area (Å²) in [6.07, 6.45) is 11.0. The second-order valence-corrected chi connectivity index (χ2v) is 8.13. The highest BCUT2D eigenvalue weighted by atomic mass is 15.1. The predicted molar refractivity (Wildman–Crippen MR) is 92.3 cm³/mol. The Morgan fingerprint density at radius 1 is 1.10 bits per heavy atom. The average molecular weight is 295 g/mol. The lowest BCUT2D eigenvalue weighted by Gasteiger charge is -2.38. The van der Waals surface area contributed by atoms with Crippen molar-refractivity contribution in [2.24, 2.45) is 29.4 Å². The quantitative estimate of drug-likeness (QED) is 0.819. The molecule has 0 aromatic carbocycles. The first-order valence-corrected chi connectivity index (χ1v) is 9.58. The monoisotopic (exact) mass is 294 g/mol. The molecular formula is C19H38N2. The highest BCUT2D eigenvalue weighted by molar-refractivity contribution is 4.86. The van der Waals surface area contributed by atoms with Gasteiger partial charge in [-0.05, 0) is 75.3 Å². The summed E-state index contributed by atoms with van der Waals surface area (Å²) in [5, 5.41) is 0. The molecule has 124 valence electrons. The molecule has 0 amide bonds. The summed E-state index contributed by atoms with van der Waals surface area (Å²) in [7, 11) is 0. The van der Waals surface area contributed by atoms with Crippen molar-refractivity contribution in [3.8, 4) is 0 Å². The number of rotatable bonds is 5. The maximum Gasteiger partial charge on any atom is 0.00795 e. The maximum absolute atomic E-state index is 6.45. The minimum absolute atomic E-state index is 0.453. The van der Waals surface area contributed by atoms with E-state index in [0.717, 1.165) is 23.7 Å². The van der Waals surface area contributed by atoms with E-state index < -0.39 is 0 Å². The molecule has 4 atom stereocenters. The molecule has 2 heteroatoms. The van der Waals surface area contributed by atoms with Crippen LogP contribution in [0.3, 0.4) is 0 Å². The van der Waals surface area contributed by atoms with Crippen molar-refractivity contribution in [2.75, 3.05) is 19.6 Å².